The topological polar surface area (TPSA) is 128 Å². The molecule has 2 aromatic rings. The van der Waals surface area contributed by atoms with Gasteiger partial charge in [-0.05, 0) is 12.1 Å². The Morgan fingerprint density at radius 2 is 1.83 bits per heavy atom. The first-order valence-electron chi connectivity index (χ1n) is 6.34. The molecule has 124 valence electrons. The quantitative estimate of drug-likeness (QED) is 0.470. The van der Waals surface area contributed by atoms with Crippen molar-refractivity contribution in [1.29, 1.82) is 0 Å². The Bertz CT molecular complexity index is 799. The van der Waals surface area contributed by atoms with Gasteiger partial charge in [0.05, 0.1) is 31.3 Å². The minimum Gasteiger partial charge on any atom is -0.324 e. The molecular weight excluding hydrogens is 360 g/mol. The third kappa shape index (κ3) is 4.64. The second kappa shape index (κ2) is 7.70. The van der Waals surface area contributed by atoms with E-state index in [2.05, 4.69) is 10.3 Å². The number of amides is 1. The average molecular weight is 369 g/mol. The molecule has 0 fully saturated rings. The van der Waals surface area contributed by atoms with Crippen molar-refractivity contribution in [3.05, 3.63) is 61.8 Å². The highest BCUT2D eigenvalue weighted by Gasteiger charge is 2.13. The number of thioether (sulfide) groups is 1. The third-order valence-corrected chi connectivity index (χ3v) is 3.99. The lowest BCUT2D eigenvalue weighted by molar-refractivity contribution is -0.385. The lowest BCUT2D eigenvalue weighted by Gasteiger charge is -2.06. The van der Waals surface area contributed by atoms with Gasteiger partial charge in [0.25, 0.3) is 11.4 Å². The molecule has 1 amide bonds. The van der Waals surface area contributed by atoms with E-state index in [0.717, 1.165) is 24.0 Å². The minimum absolute atomic E-state index is 0.0379. The predicted molar refractivity (Wildman–Crippen MR) is 88.4 cm³/mol. The summed E-state index contributed by atoms with van der Waals surface area (Å²) in [7, 11) is 0. The summed E-state index contributed by atoms with van der Waals surface area (Å²) in [6, 6.07) is 6.42. The SMILES string of the molecule is O=C(CSc1ccc([N+](=O)[O-])cn1)Nc1cc([N+](=O)[O-])ccc1Cl. The van der Waals surface area contributed by atoms with Gasteiger partial charge in [0, 0.05) is 18.2 Å². The maximum atomic E-state index is 11.9. The molecule has 24 heavy (non-hydrogen) atoms. The fourth-order valence-corrected chi connectivity index (χ4v) is 2.42. The van der Waals surface area contributed by atoms with Gasteiger partial charge >= 0.3 is 0 Å². The van der Waals surface area contributed by atoms with E-state index in [1.54, 1.807) is 0 Å². The van der Waals surface area contributed by atoms with E-state index in [4.69, 9.17) is 11.6 Å². The molecule has 1 aromatic heterocycles. The zero-order chi connectivity index (χ0) is 17.7. The first-order chi connectivity index (χ1) is 11.4. The Kier molecular flexibility index (Phi) is 5.66. The number of halogens is 1. The lowest BCUT2D eigenvalue weighted by atomic mass is 10.3. The van der Waals surface area contributed by atoms with Gasteiger partial charge in [0.2, 0.25) is 5.91 Å². The number of nitro groups is 2. The van der Waals surface area contributed by atoms with Crippen LogP contribution in [0, 0.1) is 20.2 Å². The summed E-state index contributed by atoms with van der Waals surface area (Å²) in [5, 5.41) is 24.3. The van der Waals surface area contributed by atoms with Crippen LogP contribution in [0.3, 0.4) is 0 Å². The zero-order valence-electron chi connectivity index (χ0n) is 11.8. The fraction of sp³-hybridized carbons (Fsp3) is 0.0769. The maximum Gasteiger partial charge on any atom is 0.287 e. The van der Waals surface area contributed by atoms with Gasteiger partial charge in [-0.25, -0.2) is 4.98 Å². The molecule has 0 aliphatic heterocycles. The highest BCUT2D eigenvalue weighted by atomic mass is 35.5. The Labute approximate surface area is 144 Å². The molecule has 9 nitrogen and oxygen atoms in total. The molecule has 0 bridgehead atoms. The monoisotopic (exact) mass is 368 g/mol. The second-order valence-corrected chi connectivity index (χ2v) is 5.77. The number of hydrogen-bond donors (Lipinski definition) is 1. The van der Waals surface area contributed by atoms with Gasteiger partial charge in [0.15, 0.2) is 0 Å². The molecule has 0 saturated heterocycles. The number of hydrogen-bond acceptors (Lipinski definition) is 7. The third-order valence-electron chi connectivity index (χ3n) is 2.72. The number of benzene rings is 1. The summed E-state index contributed by atoms with van der Waals surface area (Å²) in [5.74, 6) is -0.480. The number of rotatable bonds is 6. The van der Waals surface area contributed by atoms with Gasteiger partial charge in [-0.3, -0.25) is 25.0 Å². The highest BCUT2D eigenvalue weighted by Crippen LogP contribution is 2.27. The maximum absolute atomic E-state index is 11.9. The molecule has 0 saturated carbocycles. The van der Waals surface area contributed by atoms with Crippen LogP contribution in [0.5, 0.6) is 0 Å². The van der Waals surface area contributed by atoms with Crippen molar-refractivity contribution in [3.63, 3.8) is 0 Å². The summed E-state index contributed by atoms with van der Waals surface area (Å²) in [6.45, 7) is 0. The van der Waals surface area contributed by atoms with Gasteiger partial charge < -0.3 is 5.32 Å². The molecular formula is C13H9ClN4O5S. The van der Waals surface area contributed by atoms with Gasteiger partial charge in [-0.1, -0.05) is 23.4 Å². The van der Waals surface area contributed by atoms with Crippen LogP contribution < -0.4 is 5.32 Å². The molecule has 11 heteroatoms. The predicted octanol–water partition coefficient (Wildman–Crippen LogP) is 3.28. The van der Waals surface area contributed by atoms with E-state index in [1.807, 2.05) is 0 Å². The van der Waals surface area contributed by atoms with E-state index in [9.17, 15) is 25.0 Å². The smallest absolute Gasteiger partial charge is 0.287 e. The number of nitrogens with zero attached hydrogens (tertiary/aromatic N) is 3. The van der Waals surface area contributed by atoms with E-state index in [1.165, 1.54) is 24.3 Å². The molecule has 0 spiro atoms. The molecule has 1 heterocycles. The second-order valence-electron chi connectivity index (χ2n) is 4.37. The van der Waals surface area contributed by atoms with Gasteiger partial charge in [0.1, 0.15) is 6.20 Å². The van der Waals surface area contributed by atoms with Crippen molar-refractivity contribution in [1.82, 2.24) is 4.98 Å². The number of non-ortho nitro benzene ring substituents is 1. The number of nitro benzene ring substituents is 1. The number of pyridine rings is 1. The summed E-state index contributed by atoms with van der Waals surface area (Å²) in [5.41, 5.74) is -0.209. The summed E-state index contributed by atoms with van der Waals surface area (Å²) >= 11 is 6.95. The average Bonchev–Trinajstić information content (AvgIpc) is 2.55. The van der Waals surface area contributed by atoms with Crippen molar-refractivity contribution < 1.29 is 14.6 Å². The number of carbonyl (C=O) groups excluding carboxylic acids is 1. The van der Waals surface area contributed by atoms with E-state index in [0.29, 0.717) is 5.03 Å². The minimum atomic E-state index is -0.596. The highest BCUT2D eigenvalue weighted by molar-refractivity contribution is 7.99. The van der Waals surface area contributed by atoms with Crippen LogP contribution in [0.2, 0.25) is 5.02 Å². The van der Waals surface area contributed by atoms with Crippen LogP contribution in [0.15, 0.2) is 41.6 Å². The van der Waals surface area contributed by atoms with Crippen molar-refractivity contribution in [2.75, 3.05) is 11.1 Å². The van der Waals surface area contributed by atoms with Gasteiger partial charge in [-0.2, -0.15) is 0 Å². The summed E-state index contributed by atoms with van der Waals surface area (Å²) < 4.78 is 0. The number of nitrogens with one attached hydrogen (secondary N) is 1. The molecule has 0 aliphatic carbocycles. The van der Waals surface area contributed by atoms with Crippen molar-refractivity contribution in [3.8, 4) is 0 Å². The van der Waals surface area contributed by atoms with E-state index >= 15 is 0 Å². The largest absolute Gasteiger partial charge is 0.324 e. The van der Waals surface area contributed by atoms with Gasteiger partial charge in [-0.15, -0.1) is 0 Å². The summed E-state index contributed by atoms with van der Waals surface area (Å²) in [4.78, 5) is 35.8. The standard InChI is InChI=1S/C13H9ClN4O5S/c14-10-3-1-8(17(20)21)5-11(10)16-12(19)7-24-13-4-2-9(6-15-13)18(22)23/h1-6H,7H2,(H,16,19). The van der Waals surface area contributed by atoms with E-state index in [-0.39, 0.29) is 27.8 Å². The van der Waals surface area contributed by atoms with Crippen molar-refractivity contribution in [2.45, 2.75) is 5.03 Å². The lowest BCUT2D eigenvalue weighted by Crippen LogP contribution is -2.14. The molecule has 0 unspecified atom stereocenters. The van der Waals surface area contributed by atoms with Crippen molar-refractivity contribution in [2.24, 2.45) is 0 Å². The van der Waals surface area contributed by atoms with Crippen LogP contribution >= 0.6 is 23.4 Å². The fourth-order valence-electron chi connectivity index (χ4n) is 1.61. The Balaban J connectivity index is 1.97. The molecule has 0 atom stereocenters. The van der Waals surface area contributed by atoms with Crippen LogP contribution in [0.1, 0.15) is 0 Å². The normalized spacial score (nSPS) is 10.2. The first-order valence-corrected chi connectivity index (χ1v) is 7.70. The van der Waals surface area contributed by atoms with E-state index < -0.39 is 15.8 Å². The number of carbonyl (C=O) groups is 1. The molecule has 0 radical (unpaired) electrons. The molecule has 2 rings (SSSR count). The zero-order valence-corrected chi connectivity index (χ0v) is 13.4. The van der Waals surface area contributed by atoms with Crippen LogP contribution in [0.25, 0.3) is 0 Å². The molecule has 1 aromatic carbocycles. The molecule has 1 N–H and O–H groups in total. The van der Waals surface area contributed by atoms with Crippen LogP contribution in [0.4, 0.5) is 17.1 Å². The Morgan fingerprint density at radius 1 is 1.17 bits per heavy atom. The Morgan fingerprint density at radius 3 is 2.42 bits per heavy atom. The first kappa shape index (κ1) is 17.6. The molecule has 0 aliphatic rings. The number of anilines is 1. The summed E-state index contributed by atoms with van der Waals surface area (Å²) in [6.07, 6.45) is 1.09. The Hall–Kier alpha value is -2.72. The number of aromatic nitrogens is 1. The van der Waals surface area contributed by atoms with Crippen molar-refractivity contribution >= 4 is 46.3 Å². The van der Waals surface area contributed by atoms with Crippen LogP contribution in [-0.4, -0.2) is 26.5 Å². The van der Waals surface area contributed by atoms with Crippen LogP contribution in [-0.2, 0) is 4.79 Å².